The van der Waals surface area contributed by atoms with Crippen LogP contribution in [-0.2, 0) is 0 Å². The Hall–Kier alpha value is -3.88. The molecule has 1 N–H and O–H groups in total. The van der Waals surface area contributed by atoms with Gasteiger partial charge in [0.25, 0.3) is 5.78 Å². The van der Waals surface area contributed by atoms with Crippen LogP contribution in [0.3, 0.4) is 0 Å². The zero-order valence-electron chi connectivity index (χ0n) is 15.5. The van der Waals surface area contributed by atoms with Crippen LogP contribution in [0.5, 0.6) is 17.2 Å². The molecule has 4 heterocycles. The second-order valence-corrected chi connectivity index (χ2v) is 6.59. The van der Waals surface area contributed by atoms with Crippen LogP contribution >= 0.6 is 0 Å². The number of aromatic nitrogens is 4. The lowest BCUT2D eigenvalue weighted by atomic mass is 10.2. The molecule has 0 amide bonds. The first kappa shape index (κ1) is 17.2. The van der Waals surface area contributed by atoms with E-state index in [1.165, 1.54) is 16.8 Å². The van der Waals surface area contributed by atoms with Crippen molar-refractivity contribution >= 4 is 5.78 Å². The van der Waals surface area contributed by atoms with E-state index in [0.717, 1.165) is 6.42 Å². The van der Waals surface area contributed by atoms with Crippen molar-refractivity contribution in [2.24, 2.45) is 0 Å². The fourth-order valence-electron chi connectivity index (χ4n) is 3.24. The molecule has 0 radical (unpaired) electrons. The Kier molecular flexibility index (Phi) is 3.94. The fraction of sp³-hybridized carbons (Fsp3) is 0.200. The van der Waals surface area contributed by atoms with Gasteiger partial charge in [-0.15, -0.1) is 5.10 Å². The Morgan fingerprint density at radius 3 is 2.76 bits per heavy atom. The number of hydrogen-bond acceptors (Lipinski definition) is 8. The average molecular weight is 392 g/mol. The van der Waals surface area contributed by atoms with E-state index in [1.54, 1.807) is 13.0 Å². The second kappa shape index (κ2) is 6.62. The van der Waals surface area contributed by atoms with Gasteiger partial charge in [-0.1, -0.05) is 0 Å². The standard InChI is InChI=1S/C20H16N4O5/c1-11-9-14(25)17(19(26)29-11)13-5-6-21-20-22-18(23-24(13)20)12-3-4-15-16(10-12)28-8-2-7-27-15/h3-6,9-10,25H,2,7-8H2,1H3. The molecular weight excluding hydrogens is 376 g/mol. The summed E-state index contributed by atoms with van der Waals surface area (Å²) in [6.45, 7) is 2.77. The van der Waals surface area contributed by atoms with Gasteiger partial charge in [0.2, 0.25) is 0 Å². The summed E-state index contributed by atoms with van der Waals surface area (Å²) in [4.78, 5) is 21.0. The summed E-state index contributed by atoms with van der Waals surface area (Å²) in [5.74, 6) is 2.10. The molecule has 0 atom stereocenters. The van der Waals surface area contributed by atoms with E-state index in [4.69, 9.17) is 13.9 Å². The third-order valence-electron chi connectivity index (χ3n) is 4.56. The second-order valence-electron chi connectivity index (χ2n) is 6.59. The molecular formula is C20H16N4O5. The first-order valence-electron chi connectivity index (χ1n) is 9.06. The van der Waals surface area contributed by atoms with Gasteiger partial charge in [0.15, 0.2) is 17.3 Å². The lowest BCUT2D eigenvalue weighted by molar-refractivity contribution is 0.297. The van der Waals surface area contributed by atoms with E-state index in [2.05, 4.69) is 15.1 Å². The molecule has 0 fully saturated rings. The molecule has 0 unspecified atom stereocenters. The predicted molar refractivity (Wildman–Crippen MR) is 102 cm³/mol. The molecule has 0 saturated heterocycles. The largest absolute Gasteiger partial charge is 0.507 e. The van der Waals surface area contributed by atoms with E-state index in [9.17, 15) is 9.90 Å². The van der Waals surface area contributed by atoms with E-state index < -0.39 is 5.63 Å². The van der Waals surface area contributed by atoms with Crippen molar-refractivity contribution in [1.82, 2.24) is 19.6 Å². The van der Waals surface area contributed by atoms with Gasteiger partial charge in [0.05, 0.1) is 18.9 Å². The third-order valence-corrected chi connectivity index (χ3v) is 4.56. The lowest BCUT2D eigenvalue weighted by Crippen LogP contribution is -2.08. The van der Waals surface area contributed by atoms with Gasteiger partial charge in [-0.05, 0) is 31.2 Å². The molecule has 0 spiro atoms. The van der Waals surface area contributed by atoms with Crippen LogP contribution in [0, 0.1) is 6.92 Å². The zero-order valence-corrected chi connectivity index (χ0v) is 15.5. The number of ether oxygens (including phenoxy) is 2. The van der Waals surface area contributed by atoms with Crippen LogP contribution in [0.25, 0.3) is 28.4 Å². The topological polar surface area (TPSA) is 112 Å². The van der Waals surface area contributed by atoms with Gasteiger partial charge in [-0.3, -0.25) is 0 Å². The Morgan fingerprint density at radius 2 is 1.93 bits per heavy atom. The van der Waals surface area contributed by atoms with Crippen molar-refractivity contribution in [2.45, 2.75) is 13.3 Å². The molecule has 0 saturated carbocycles. The van der Waals surface area contributed by atoms with E-state index in [-0.39, 0.29) is 17.1 Å². The van der Waals surface area contributed by atoms with Gasteiger partial charge >= 0.3 is 5.63 Å². The third kappa shape index (κ3) is 2.96. The van der Waals surface area contributed by atoms with Gasteiger partial charge in [0, 0.05) is 24.2 Å². The molecule has 29 heavy (non-hydrogen) atoms. The number of hydrogen-bond donors (Lipinski definition) is 1. The van der Waals surface area contributed by atoms with E-state index in [1.807, 2.05) is 18.2 Å². The minimum absolute atomic E-state index is 0.00175. The van der Waals surface area contributed by atoms with Gasteiger partial charge in [-0.2, -0.15) is 9.50 Å². The summed E-state index contributed by atoms with van der Waals surface area (Å²) in [5, 5.41) is 14.8. The number of rotatable bonds is 2. The van der Waals surface area contributed by atoms with Crippen LogP contribution < -0.4 is 15.1 Å². The number of nitrogens with zero attached hydrogens (tertiary/aromatic N) is 4. The van der Waals surface area contributed by atoms with Crippen LogP contribution in [0.2, 0.25) is 0 Å². The van der Waals surface area contributed by atoms with E-state index >= 15 is 0 Å². The maximum Gasteiger partial charge on any atom is 0.349 e. The van der Waals surface area contributed by atoms with Crippen LogP contribution in [-0.4, -0.2) is 37.9 Å². The van der Waals surface area contributed by atoms with Crippen LogP contribution in [0.4, 0.5) is 0 Å². The molecule has 9 nitrogen and oxygen atoms in total. The molecule has 9 heteroatoms. The molecule has 3 aromatic heterocycles. The van der Waals surface area contributed by atoms with Crippen molar-refractivity contribution in [2.75, 3.05) is 13.2 Å². The maximum absolute atomic E-state index is 12.3. The minimum Gasteiger partial charge on any atom is -0.507 e. The molecule has 0 bridgehead atoms. The highest BCUT2D eigenvalue weighted by Crippen LogP contribution is 2.34. The van der Waals surface area contributed by atoms with Crippen molar-refractivity contribution in [3.63, 3.8) is 0 Å². The van der Waals surface area contributed by atoms with Gasteiger partial charge in [-0.25, -0.2) is 9.78 Å². The van der Waals surface area contributed by atoms with Crippen LogP contribution in [0.1, 0.15) is 12.2 Å². The number of benzene rings is 1. The zero-order chi connectivity index (χ0) is 20.0. The Labute approximate surface area is 164 Å². The first-order valence-corrected chi connectivity index (χ1v) is 9.06. The monoisotopic (exact) mass is 392 g/mol. The number of aromatic hydroxyl groups is 1. The summed E-state index contributed by atoms with van der Waals surface area (Å²) in [5.41, 5.74) is 0.376. The fourth-order valence-corrected chi connectivity index (χ4v) is 3.24. The average Bonchev–Trinajstić information content (AvgIpc) is 2.99. The number of fused-ring (bicyclic) bond motifs is 2. The molecule has 4 aromatic rings. The normalized spacial score (nSPS) is 13.4. The Bertz CT molecular complexity index is 1290. The first-order chi connectivity index (χ1) is 14.1. The molecule has 146 valence electrons. The van der Waals surface area contributed by atoms with Crippen molar-refractivity contribution in [3.05, 3.63) is 52.7 Å². The highest BCUT2D eigenvalue weighted by molar-refractivity contribution is 5.68. The summed E-state index contributed by atoms with van der Waals surface area (Å²) >= 11 is 0. The quantitative estimate of drug-likeness (QED) is 0.554. The van der Waals surface area contributed by atoms with Crippen LogP contribution in [0.15, 0.2) is 45.7 Å². The molecule has 1 aromatic carbocycles. The van der Waals surface area contributed by atoms with Crippen molar-refractivity contribution in [1.29, 1.82) is 0 Å². The lowest BCUT2D eigenvalue weighted by Gasteiger charge is -2.07. The van der Waals surface area contributed by atoms with Gasteiger partial charge in [0.1, 0.15) is 17.1 Å². The van der Waals surface area contributed by atoms with Gasteiger partial charge < -0.3 is 19.0 Å². The summed E-state index contributed by atoms with van der Waals surface area (Å²) in [6.07, 6.45) is 2.31. The Balaban J connectivity index is 1.65. The van der Waals surface area contributed by atoms with Crippen molar-refractivity contribution in [3.8, 4) is 39.9 Å². The summed E-state index contributed by atoms with van der Waals surface area (Å²) in [6, 6.07) is 8.41. The van der Waals surface area contributed by atoms with Crippen molar-refractivity contribution < 1.29 is 19.0 Å². The van der Waals surface area contributed by atoms with E-state index in [0.29, 0.717) is 47.6 Å². The highest BCUT2D eigenvalue weighted by Gasteiger charge is 2.19. The number of aryl methyl sites for hydroxylation is 1. The predicted octanol–water partition coefficient (Wildman–Crippen LogP) is 2.59. The molecule has 0 aliphatic carbocycles. The summed E-state index contributed by atoms with van der Waals surface area (Å²) in [7, 11) is 0. The highest BCUT2D eigenvalue weighted by atomic mass is 16.5. The Morgan fingerprint density at radius 1 is 1.10 bits per heavy atom. The molecule has 5 rings (SSSR count). The smallest absolute Gasteiger partial charge is 0.349 e. The molecule has 1 aliphatic heterocycles. The molecule has 1 aliphatic rings. The minimum atomic E-state index is -0.664. The summed E-state index contributed by atoms with van der Waals surface area (Å²) < 4.78 is 17.9. The maximum atomic E-state index is 12.3. The SMILES string of the molecule is Cc1cc(O)c(-c2ccnc3nc(-c4ccc5c(c4)OCCCO5)nn23)c(=O)o1.